The second-order valence-electron chi connectivity index (χ2n) is 4.87. The van der Waals surface area contributed by atoms with Crippen molar-refractivity contribution in [2.45, 2.75) is 13.0 Å². The van der Waals surface area contributed by atoms with Gasteiger partial charge in [0.1, 0.15) is 0 Å². The van der Waals surface area contributed by atoms with Crippen LogP contribution < -0.4 is 9.03 Å². The van der Waals surface area contributed by atoms with Crippen LogP contribution >= 0.6 is 11.6 Å². The molecule has 110 valence electrons. The van der Waals surface area contributed by atoms with Crippen molar-refractivity contribution < 1.29 is 8.42 Å². The molecule has 0 fully saturated rings. The van der Waals surface area contributed by atoms with Crippen LogP contribution in [0, 0.1) is 0 Å². The van der Waals surface area contributed by atoms with E-state index in [-0.39, 0.29) is 6.54 Å². The molecule has 0 unspecified atom stereocenters. The van der Waals surface area contributed by atoms with E-state index >= 15 is 0 Å². The van der Waals surface area contributed by atoms with Crippen LogP contribution in [0.2, 0.25) is 5.02 Å². The van der Waals surface area contributed by atoms with E-state index in [1.54, 1.807) is 6.07 Å². The fraction of sp³-hybridized carbons (Fsp3) is 0.200. The maximum atomic E-state index is 12.5. The van der Waals surface area contributed by atoms with Gasteiger partial charge in [-0.3, -0.25) is 4.31 Å². The Hall–Kier alpha value is -1.56. The van der Waals surface area contributed by atoms with E-state index in [0.717, 1.165) is 23.2 Å². The van der Waals surface area contributed by atoms with Gasteiger partial charge in [0.25, 0.3) is 0 Å². The van der Waals surface area contributed by atoms with E-state index in [9.17, 15) is 8.42 Å². The molecule has 0 saturated carbocycles. The Bertz CT molecular complexity index is 762. The number of halogens is 1. The van der Waals surface area contributed by atoms with E-state index < -0.39 is 10.2 Å². The molecular weight excluding hydrogens is 308 g/mol. The highest BCUT2D eigenvalue weighted by Gasteiger charge is 2.28. The molecule has 0 aliphatic carbocycles. The molecule has 0 spiro atoms. The van der Waals surface area contributed by atoms with Gasteiger partial charge in [-0.2, -0.15) is 13.1 Å². The lowest BCUT2D eigenvalue weighted by Crippen LogP contribution is -2.39. The molecule has 0 radical (unpaired) electrons. The van der Waals surface area contributed by atoms with Gasteiger partial charge < -0.3 is 0 Å². The van der Waals surface area contributed by atoms with Gasteiger partial charge in [-0.1, -0.05) is 48.0 Å². The first-order valence-electron chi connectivity index (χ1n) is 6.66. The molecule has 0 atom stereocenters. The minimum Gasteiger partial charge on any atom is -0.257 e. The van der Waals surface area contributed by atoms with Crippen LogP contribution in [-0.4, -0.2) is 15.0 Å². The molecule has 3 rings (SSSR count). The lowest BCUT2D eigenvalue weighted by Gasteiger charge is -2.20. The summed E-state index contributed by atoms with van der Waals surface area (Å²) in [4.78, 5) is 0. The minimum atomic E-state index is -3.56. The highest BCUT2D eigenvalue weighted by molar-refractivity contribution is 7.90. The zero-order valence-electron chi connectivity index (χ0n) is 11.3. The summed E-state index contributed by atoms with van der Waals surface area (Å²) in [7, 11) is -3.56. The highest BCUT2D eigenvalue weighted by Crippen LogP contribution is 2.29. The van der Waals surface area contributed by atoms with Crippen molar-refractivity contribution in [3.63, 3.8) is 0 Å². The summed E-state index contributed by atoms with van der Waals surface area (Å²) < 4.78 is 28.9. The molecule has 1 aliphatic rings. The fourth-order valence-electron chi connectivity index (χ4n) is 2.45. The number of fused-ring (bicyclic) bond motifs is 1. The standard InChI is InChI=1S/C15H15ClN2O2S/c16-14-7-3-1-6-13(14)11-17-21(19,20)18-10-9-12-5-2-4-8-15(12)18/h1-8,17H,9-11H2. The normalized spacial score (nSPS) is 14.2. The van der Waals surface area contributed by atoms with Crippen molar-refractivity contribution in [2.24, 2.45) is 0 Å². The van der Waals surface area contributed by atoms with Crippen LogP contribution in [0.25, 0.3) is 0 Å². The first kappa shape index (κ1) is 14.4. The Balaban J connectivity index is 1.78. The van der Waals surface area contributed by atoms with Gasteiger partial charge >= 0.3 is 10.2 Å². The largest absolute Gasteiger partial charge is 0.301 e. The third-order valence-electron chi connectivity index (χ3n) is 3.54. The molecule has 21 heavy (non-hydrogen) atoms. The summed E-state index contributed by atoms with van der Waals surface area (Å²) in [5.74, 6) is 0. The summed E-state index contributed by atoms with van der Waals surface area (Å²) in [6, 6.07) is 14.8. The summed E-state index contributed by atoms with van der Waals surface area (Å²) in [6.45, 7) is 0.651. The Morgan fingerprint density at radius 2 is 1.81 bits per heavy atom. The first-order chi connectivity index (χ1) is 10.1. The lowest BCUT2D eigenvalue weighted by atomic mass is 10.2. The second kappa shape index (κ2) is 5.67. The summed E-state index contributed by atoms with van der Waals surface area (Å²) in [5.41, 5.74) is 2.57. The fourth-order valence-corrected chi connectivity index (χ4v) is 3.91. The molecule has 6 heteroatoms. The molecular formula is C15H15ClN2O2S. The van der Waals surface area contributed by atoms with E-state index in [1.165, 1.54) is 4.31 Å². The number of benzene rings is 2. The molecule has 0 aromatic heterocycles. The van der Waals surface area contributed by atoms with Crippen LogP contribution in [0.15, 0.2) is 48.5 Å². The Labute approximate surface area is 129 Å². The van der Waals surface area contributed by atoms with Crippen LogP contribution in [0.4, 0.5) is 5.69 Å². The Morgan fingerprint density at radius 3 is 2.62 bits per heavy atom. The number of nitrogens with zero attached hydrogens (tertiary/aromatic N) is 1. The third-order valence-corrected chi connectivity index (χ3v) is 5.37. The van der Waals surface area contributed by atoms with Crippen LogP contribution in [0.5, 0.6) is 0 Å². The molecule has 1 N–H and O–H groups in total. The molecule has 1 aliphatic heterocycles. The molecule has 4 nitrogen and oxygen atoms in total. The van der Waals surface area contributed by atoms with E-state index in [2.05, 4.69) is 4.72 Å². The van der Waals surface area contributed by atoms with Gasteiger partial charge in [-0.25, -0.2) is 0 Å². The number of rotatable bonds is 4. The van der Waals surface area contributed by atoms with Gasteiger partial charge in [-0.15, -0.1) is 0 Å². The summed E-state index contributed by atoms with van der Waals surface area (Å²) in [6.07, 6.45) is 0.739. The maximum absolute atomic E-state index is 12.5. The van der Waals surface area contributed by atoms with Gasteiger partial charge in [0.15, 0.2) is 0 Å². The zero-order chi connectivity index (χ0) is 14.9. The average molecular weight is 323 g/mol. The summed E-state index contributed by atoms with van der Waals surface area (Å²) in [5, 5.41) is 0.557. The summed E-state index contributed by atoms with van der Waals surface area (Å²) >= 11 is 6.05. The van der Waals surface area contributed by atoms with Crippen molar-refractivity contribution in [1.29, 1.82) is 0 Å². The van der Waals surface area contributed by atoms with Crippen molar-refractivity contribution in [3.8, 4) is 0 Å². The predicted octanol–water partition coefficient (Wildman–Crippen LogP) is 2.74. The Morgan fingerprint density at radius 1 is 1.10 bits per heavy atom. The quantitative estimate of drug-likeness (QED) is 0.941. The number of anilines is 1. The molecule has 2 aromatic rings. The average Bonchev–Trinajstić information content (AvgIpc) is 2.91. The smallest absolute Gasteiger partial charge is 0.257 e. The van der Waals surface area contributed by atoms with Crippen LogP contribution in [0.1, 0.15) is 11.1 Å². The number of hydrogen-bond donors (Lipinski definition) is 1. The third kappa shape index (κ3) is 2.90. The molecule has 0 amide bonds. The van der Waals surface area contributed by atoms with Gasteiger partial charge in [0.05, 0.1) is 5.69 Å². The predicted molar refractivity (Wildman–Crippen MR) is 84.7 cm³/mol. The topological polar surface area (TPSA) is 49.4 Å². The molecule has 0 bridgehead atoms. The van der Waals surface area contributed by atoms with Crippen molar-refractivity contribution in [1.82, 2.24) is 4.72 Å². The highest BCUT2D eigenvalue weighted by atomic mass is 35.5. The second-order valence-corrected chi connectivity index (χ2v) is 6.96. The zero-order valence-corrected chi connectivity index (χ0v) is 12.9. The van der Waals surface area contributed by atoms with Crippen molar-refractivity contribution >= 4 is 27.5 Å². The lowest BCUT2D eigenvalue weighted by molar-refractivity contribution is 0.577. The van der Waals surface area contributed by atoms with Crippen molar-refractivity contribution in [3.05, 3.63) is 64.7 Å². The number of para-hydroxylation sites is 1. The van der Waals surface area contributed by atoms with E-state index in [1.807, 2.05) is 42.5 Å². The molecule has 2 aromatic carbocycles. The Kier molecular flexibility index (Phi) is 3.89. The first-order valence-corrected chi connectivity index (χ1v) is 8.48. The minimum absolute atomic E-state index is 0.181. The van der Waals surface area contributed by atoms with Gasteiger partial charge in [0, 0.05) is 18.1 Å². The molecule has 1 heterocycles. The van der Waals surface area contributed by atoms with Crippen LogP contribution in [-0.2, 0) is 23.2 Å². The van der Waals surface area contributed by atoms with E-state index in [0.29, 0.717) is 11.6 Å². The van der Waals surface area contributed by atoms with Crippen molar-refractivity contribution in [2.75, 3.05) is 10.8 Å². The van der Waals surface area contributed by atoms with Gasteiger partial charge in [-0.05, 0) is 29.7 Å². The molecule has 0 saturated heterocycles. The number of hydrogen-bond acceptors (Lipinski definition) is 2. The monoisotopic (exact) mass is 322 g/mol. The number of nitrogens with one attached hydrogen (secondary N) is 1. The van der Waals surface area contributed by atoms with E-state index in [4.69, 9.17) is 11.6 Å². The maximum Gasteiger partial charge on any atom is 0.301 e. The van der Waals surface area contributed by atoms with Crippen LogP contribution in [0.3, 0.4) is 0 Å². The SMILES string of the molecule is O=S(=O)(NCc1ccccc1Cl)N1CCc2ccccc21. The van der Waals surface area contributed by atoms with Gasteiger partial charge in [0.2, 0.25) is 0 Å².